The van der Waals surface area contributed by atoms with Crippen LogP contribution in [0.1, 0.15) is 18.6 Å². The molecule has 74 valence electrons. The fourth-order valence-corrected chi connectivity index (χ4v) is 1.10. The maximum absolute atomic E-state index is 8.75. The molecule has 0 unspecified atom stereocenters. The number of hydrogen-bond acceptors (Lipinski definition) is 5. The summed E-state index contributed by atoms with van der Waals surface area (Å²) in [6, 6.07) is 0. The summed E-state index contributed by atoms with van der Waals surface area (Å²) in [7, 11) is 0. The number of aliphatic hydroxyl groups is 1. The fraction of sp³-hybridized carbons (Fsp3) is 0.750. The SMILES string of the molecule is CCN(CCO)Cc1noc(C)n1. The van der Waals surface area contributed by atoms with E-state index in [2.05, 4.69) is 10.1 Å². The van der Waals surface area contributed by atoms with Crippen LogP contribution >= 0.6 is 0 Å². The Morgan fingerprint density at radius 2 is 2.31 bits per heavy atom. The molecule has 0 saturated heterocycles. The molecule has 0 saturated carbocycles. The van der Waals surface area contributed by atoms with E-state index >= 15 is 0 Å². The lowest BCUT2D eigenvalue weighted by Gasteiger charge is -2.16. The average molecular weight is 185 g/mol. The molecule has 1 aromatic rings. The quantitative estimate of drug-likeness (QED) is 0.709. The van der Waals surface area contributed by atoms with Crippen molar-refractivity contribution in [3.8, 4) is 0 Å². The molecular formula is C8H15N3O2. The summed E-state index contributed by atoms with van der Waals surface area (Å²) in [5.74, 6) is 1.25. The molecular weight excluding hydrogens is 170 g/mol. The van der Waals surface area contributed by atoms with Gasteiger partial charge in [0, 0.05) is 13.5 Å². The molecule has 5 nitrogen and oxygen atoms in total. The third-order valence-corrected chi connectivity index (χ3v) is 1.80. The van der Waals surface area contributed by atoms with Crippen molar-refractivity contribution in [3.05, 3.63) is 11.7 Å². The molecule has 0 fully saturated rings. The molecule has 1 N–H and O–H groups in total. The Labute approximate surface area is 77.4 Å². The molecule has 0 aliphatic carbocycles. The van der Waals surface area contributed by atoms with Gasteiger partial charge in [-0.2, -0.15) is 4.98 Å². The highest BCUT2D eigenvalue weighted by molar-refractivity contribution is 4.83. The first kappa shape index (κ1) is 10.1. The lowest BCUT2D eigenvalue weighted by molar-refractivity contribution is 0.192. The van der Waals surface area contributed by atoms with Crippen molar-refractivity contribution in [2.75, 3.05) is 19.7 Å². The minimum Gasteiger partial charge on any atom is -0.395 e. The minimum atomic E-state index is 0.157. The number of rotatable bonds is 5. The van der Waals surface area contributed by atoms with Gasteiger partial charge >= 0.3 is 0 Å². The van der Waals surface area contributed by atoms with Gasteiger partial charge in [0.05, 0.1) is 13.2 Å². The number of aryl methyl sites for hydroxylation is 1. The number of aromatic nitrogens is 2. The third-order valence-electron chi connectivity index (χ3n) is 1.80. The summed E-state index contributed by atoms with van der Waals surface area (Å²) >= 11 is 0. The van der Waals surface area contributed by atoms with Crippen molar-refractivity contribution in [2.24, 2.45) is 0 Å². The second-order valence-corrected chi connectivity index (χ2v) is 2.82. The average Bonchev–Trinajstić information content (AvgIpc) is 2.50. The molecule has 0 atom stereocenters. The van der Waals surface area contributed by atoms with Gasteiger partial charge in [0.15, 0.2) is 5.82 Å². The Morgan fingerprint density at radius 1 is 1.54 bits per heavy atom. The van der Waals surface area contributed by atoms with Crippen molar-refractivity contribution in [2.45, 2.75) is 20.4 Å². The minimum absolute atomic E-state index is 0.157. The summed E-state index contributed by atoms with van der Waals surface area (Å²) in [4.78, 5) is 6.13. The number of nitrogens with zero attached hydrogens (tertiary/aromatic N) is 3. The fourth-order valence-electron chi connectivity index (χ4n) is 1.10. The number of likely N-dealkylation sites (N-methyl/N-ethyl adjacent to an activating group) is 1. The van der Waals surface area contributed by atoms with E-state index < -0.39 is 0 Å². The summed E-state index contributed by atoms with van der Waals surface area (Å²) in [5, 5.41) is 12.5. The Kier molecular flexibility index (Phi) is 3.85. The number of aliphatic hydroxyl groups excluding tert-OH is 1. The van der Waals surface area contributed by atoms with E-state index in [4.69, 9.17) is 9.63 Å². The van der Waals surface area contributed by atoms with Gasteiger partial charge in [-0.05, 0) is 6.54 Å². The number of hydrogen-bond donors (Lipinski definition) is 1. The maximum atomic E-state index is 8.75. The standard InChI is InChI=1S/C8H15N3O2/c1-3-11(4-5-12)6-8-9-7(2)13-10-8/h12H,3-6H2,1-2H3. The van der Waals surface area contributed by atoms with Crippen LogP contribution in [0.2, 0.25) is 0 Å². The molecule has 0 aliphatic heterocycles. The predicted octanol–water partition coefficient (Wildman–Crippen LogP) is 0.192. The molecule has 5 heteroatoms. The molecule has 0 radical (unpaired) electrons. The lowest BCUT2D eigenvalue weighted by atomic mass is 10.4. The van der Waals surface area contributed by atoms with Crippen LogP contribution in [0, 0.1) is 6.92 Å². The van der Waals surface area contributed by atoms with Crippen LogP contribution in [-0.4, -0.2) is 39.8 Å². The second-order valence-electron chi connectivity index (χ2n) is 2.82. The predicted molar refractivity (Wildman–Crippen MR) is 47.1 cm³/mol. The van der Waals surface area contributed by atoms with Gasteiger partial charge in [-0.25, -0.2) is 0 Å². The first-order valence-electron chi connectivity index (χ1n) is 4.38. The van der Waals surface area contributed by atoms with Gasteiger partial charge in [0.1, 0.15) is 0 Å². The van der Waals surface area contributed by atoms with Gasteiger partial charge in [-0.15, -0.1) is 0 Å². The van der Waals surface area contributed by atoms with E-state index in [9.17, 15) is 0 Å². The summed E-state index contributed by atoms with van der Waals surface area (Å²) < 4.78 is 4.84. The molecule has 0 aromatic carbocycles. The van der Waals surface area contributed by atoms with E-state index in [1.165, 1.54) is 0 Å². The van der Waals surface area contributed by atoms with Crippen LogP contribution in [-0.2, 0) is 6.54 Å². The van der Waals surface area contributed by atoms with Crippen LogP contribution in [0.15, 0.2) is 4.52 Å². The van der Waals surface area contributed by atoms with Crippen molar-refractivity contribution >= 4 is 0 Å². The monoisotopic (exact) mass is 185 g/mol. The van der Waals surface area contributed by atoms with Gasteiger partial charge in [0.25, 0.3) is 0 Å². The Hall–Kier alpha value is -0.940. The Balaban J connectivity index is 2.46. The van der Waals surface area contributed by atoms with Crippen molar-refractivity contribution < 1.29 is 9.63 Å². The third kappa shape index (κ3) is 3.12. The van der Waals surface area contributed by atoms with E-state index in [1.807, 2.05) is 11.8 Å². The summed E-state index contributed by atoms with van der Waals surface area (Å²) in [6.07, 6.45) is 0. The smallest absolute Gasteiger partial charge is 0.223 e. The Morgan fingerprint density at radius 3 is 2.77 bits per heavy atom. The molecule has 1 heterocycles. The van der Waals surface area contributed by atoms with E-state index in [0.29, 0.717) is 24.8 Å². The van der Waals surface area contributed by atoms with Crippen molar-refractivity contribution in [3.63, 3.8) is 0 Å². The van der Waals surface area contributed by atoms with Gasteiger partial charge < -0.3 is 9.63 Å². The molecule has 0 amide bonds. The maximum Gasteiger partial charge on any atom is 0.223 e. The van der Waals surface area contributed by atoms with E-state index in [0.717, 1.165) is 6.54 Å². The van der Waals surface area contributed by atoms with Crippen molar-refractivity contribution in [1.82, 2.24) is 15.0 Å². The summed E-state index contributed by atoms with van der Waals surface area (Å²) in [5.41, 5.74) is 0. The largest absolute Gasteiger partial charge is 0.395 e. The van der Waals surface area contributed by atoms with E-state index in [1.54, 1.807) is 6.92 Å². The topological polar surface area (TPSA) is 62.4 Å². The van der Waals surface area contributed by atoms with Gasteiger partial charge in [0.2, 0.25) is 5.89 Å². The molecule has 1 rings (SSSR count). The van der Waals surface area contributed by atoms with Crippen LogP contribution in [0.5, 0.6) is 0 Å². The Bertz CT molecular complexity index is 249. The first-order chi connectivity index (χ1) is 6.26. The molecule has 0 bridgehead atoms. The second kappa shape index (κ2) is 4.94. The van der Waals surface area contributed by atoms with Gasteiger partial charge in [-0.3, -0.25) is 4.90 Å². The molecule has 0 spiro atoms. The molecule has 0 aliphatic rings. The van der Waals surface area contributed by atoms with Crippen LogP contribution < -0.4 is 0 Å². The van der Waals surface area contributed by atoms with Crippen molar-refractivity contribution in [1.29, 1.82) is 0 Å². The van der Waals surface area contributed by atoms with Gasteiger partial charge in [-0.1, -0.05) is 12.1 Å². The molecule has 13 heavy (non-hydrogen) atoms. The first-order valence-corrected chi connectivity index (χ1v) is 4.38. The van der Waals surface area contributed by atoms with Crippen LogP contribution in [0.3, 0.4) is 0 Å². The van der Waals surface area contributed by atoms with Crippen LogP contribution in [0.4, 0.5) is 0 Å². The zero-order valence-electron chi connectivity index (χ0n) is 8.03. The van der Waals surface area contributed by atoms with E-state index in [-0.39, 0.29) is 6.61 Å². The zero-order valence-corrected chi connectivity index (χ0v) is 8.03. The summed E-state index contributed by atoms with van der Waals surface area (Å²) in [6.45, 7) is 6.10. The highest BCUT2D eigenvalue weighted by atomic mass is 16.5. The van der Waals surface area contributed by atoms with Crippen LogP contribution in [0.25, 0.3) is 0 Å². The zero-order chi connectivity index (χ0) is 9.68. The lowest BCUT2D eigenvalue weighted by Crippen LogP contribution is -2.26. The normalized spacial score (nSPS) is 11.1. The molecule has 1 aromatic heterocycles. The highest BCUT2D eigenvalue weighted by Gasteiger charge is 2.07. The highest BCUT2D eigenvalue weighted by Crippen LogP contribution is 1.99.